The highest BCUT2D eigenvalue weighted by Gasteiger charge is 2.18. The number of carboxylic acids is 1. The summed E-state index contributed by atoms with van der Waals surface area (Å²) in [6, 6.07) is 12.0. The predicted molar refractivity (Wildman–Crippen MR) is 78.8 cm³/mol. The highest BCUT2D eigenvalue weighted by atomic mass is 32.1. The van der Waals surface area contributed by atoms with E-state index in [2.05, 4.69) is 0 Å². The number of benzene rings is 1. The first kappa shape index (κ1) is 12.4. The summed E-state index contributed by atoms with van der Waals surface area (Å²) in [5.41, 5.74) is 6.51. The number of aromatic nitrogens is 1. The fourth-order valence-electron chi connectivity index (χ4n) is 2.08. The van der Waals surface area contributed by atoms with Crippen molar-refractivity contribution in [1.29, 1.82) is 0 Å². The maximum absolute atomic E-state index is 12.1. The van der Waals surface area contributed by atoms with Crippen LogP contribution in [0.4, 0.5) is 5.69 Å². The summed E-state index contributed by atoms with van der Waals surface area (Å²) in [5.74, 6) is -1.09. The molecule has 0 aliphatic heterocycles. The van der Waals surface area contributed by atoms with Gasteiger partial charge in [-0.3, -0.25) is 9.36 Å². The van der Waals surface area contributed by atoms with Crippen LogP contribution >= 0.6 is 11.3 Å². The van der Waals surface area contributed by atoms with Crippen LogP contribution in [0.5, 0.6) is 0 Å². The summed E-state index contributed by atoms with van der Waals surface area (Å²) < 4.78 is 1.48. The number of thiophene rings is 1. The van der Waals surface area contributed by atoms with E-state index in [-0.39, 0.29) is 16.1 Å². The van der Waals surface area contributed by atoms with Crippen molar-refractivity contribution in [2.24, 2.45) is 0 Å². The van der Waals surface area contributed by atoms with Gasteiger partial charge in [-0.1, -0.05) is 18.2 Å². The molecule has 2 aromatic heterocycles. The number of nitrogen functional groups attached to an aromatic ring is 1. The van der Waals surface area contributed by atoms with Gasteiger partial charge in [0.25, 0.3) is 5.56 Å². The maximum atomic E-state index is 12.1. The van der Waals surface area contributed by atoms with Gasteiger partial charge in [0.05, 0.1) is 11.4 Å². The molecule has 0 aliphatic rings. The zero-order valence-electron chi connectivity index (χ0n) is 10.2. The second-order valence-electron chi connectivity index (χ2n) is 4.21. The number of fused-ring (bicyclic) bond motifs is 1. The summed E-state index contributed by atoms with van der Waals surface area (Å²) >= 11 is 1.01. The summed E-state index contributed by atoms with van der Waals surface area (Å²) in [6.07, 6.45) is 0. The normalized spacial score (nSPS) is 10.8. The number of carboxylic acid groups (broad SMARTS) is 1. The van der Waals surface area contributed by atoms with Gasteiger partial charge < -0.3 is 10.8 Å². The van der Waals surface area contributed by atoms with Crippen molar-refractivity contribution < 1.29 is 9.90 Å². The van der Waals surface area contributed by atoms with Crippen LogP contribution in [0.25, 0.3) is 15.9 Å². The van der Waals surface area contributed by atoms with Crippen LogP contribution in [0.2, 0.25) is 0 Å². The van der Waals surface area contributed by atoms with Crippen LogP contribution in [-0.2, 0) is 0 Å². The van der Waals surface area contributed by atoms with Gasteiger partial charge >= 0.3 is 5.97 Å². The summed E-state index contributed by atoms with van der Waals surface area (Å²) in [7, 11) is 0. The van der Waals surface area contributed by atoms with Gasteiger partial charge in [-0.15, -0.1) is 11.3 Å². The summed E-state index contributed by atoms with van der Waals surface area (Å²) in [6.45, 7) is 0. The molecule has 100 valence electrons. The molecule has 20 heavy (non-hydrogen) atoms. The van der Waals surface area contributed by atoms with E-state index in [9.17, 15) is 9.59 Å². The molecule has 0 saturated carbocycles. The monoisotopic (exact) mass is 286 g/mol. The van der Waals surface area contributed by atoms with Crippen molar-refractivity contribution in [2.45, 2.75) is 0 Å². The molecule has 3 N–H and O–H groups in total. The lowest BCUT2D eigenvalue weighted by Gasteiger charge is -2.06. The van der Waals surface area contributed by atoms with Gasteiger partial charge in [0.15, 0.2) is 0 Å². The number of nitrogens with two attached hydrogens (primary N) is 1. The van der Waals surface area contributed by atoms with Crippen molar-refractivity contribution >= 4 is 33.2 Å². The molecule has 2 heterocycles. The Bertz CT molecular complexity index is 865. The number of nitrogens with zero attached hydrogens (tertiary/aromatic N) is 1. The van der Waals surface area contributed by atoms with E-state index >= 15 is 0 Å². The minimum atomic E-state index is -1.09. The smallest absolute Gasteiger partial charge is 0.348 e. The van der Waals surface area contributed by atoms with Crippen molar-refractivity contribution in [3.05, 3.63) is 57.7 Å². The molecule has 3 rings (SSSR count). The first-order valence-electron chi connectivity index (χ1n) is 5.82. The second-order valence-corrected chi connectivity index (χ2v) is 5.21. The van der Waals surface area contributed by atoms with Gasteiger partial charge in [0.1, 0.15) is 9.71 Å². The largest absolute Gasteiger partial charge is 0.477 e. The Morgan fingerprint density at radius 3 is 2.50 bits per heavy atom. The molecule has 3 aromatic rings. The van der Waals surface area contributed by atoms with Crippen molar-refractivity contribution in [3.63, 3.8) is 0 Å². The minimum Gasteiger partial charge on any atom is -0.477 e. The topological polar surface area (TPSA) is 85.3 Å². The summed E-state index contributed by atoms with van der Waals surface area (Å²) in [5, 5.41) is 9.72. The average molecular weight is 286 g/mol. The molecular weight excluding hydrogens is 276 g/mol. The van der Waals surface area contributed by atoms with Crippen molar-refractivity contribution in [3.8, 4) is 5.69 Å². The number of rotatable bonds is 2. The standard InChI is InChI=1S/C14H10N2O3S/c15-11-9-6-7-10(17)16(8-4-2-1-3-5-8)13(9)20-12(11)14(18)19/h1-7H,15H2,(H,18,19). The van der Waals surface area contributed by atoms with E-state index in [1.165, 1.54) is 10.6 Å². The van der Waals surface area contributed by atoms with E-state index in [1.807, 2.05) is 18.2 Å². The molecule has 0 fully saturated rings. The molecule has 0 unspecified atom stereocenters. The third kappa shape index (κ3) is 1.78. The lowest BCUT2D eigenvalue weighted by molar-refractivity contribution is 0.0703. The number of carbonyl (C=O) groups is 1. The Kier molecular flexibility index (Phi) is 2.80. The third-order valence-corrected chi connectivity index (χ3v) is 4.18. The molecule has 0 atom stereocenters. The van der Waals surface area contributed by atoms with Crippen LogP contribution in [0.1, 0.15) is 9.67 Å². The molecule has 0 aliphatic carbocycles. The molecule has 1 aromatic carbocycles. The van der Waals surface area contributed by atoms with Crippen molar-refractivity contribution in [1.82, 2.24) is 4.57 Å². The number of para-hydroxylation sites is 1. The van der Waals surface area contributed by atoms with Gasteiger partial charge in [-0.2, -0.15) is 0 Å². The third-order valence-electron chi connectivity index (χ3n) is 2.99. The number of hydrogen-bond acceptors (Lipinski definition) is 4. The quantitative estimate of drug-likeness (QED) is 0.757. The lowest BCUT2D eigenvalue weighted by atomic mass is 10.2. The minimum absolute atomic E-state index is 0.0512. The van der Waals surface area contributed by atoms with Gasteiger partial charge in [-0.05, 0) is 18.2 Å². The van der Waals surface area contributed by atoms with Gasteiger partial charge in [0.2, 0.25) is 0 Å². The molecule has 0 amide bonds. The van der Waals surface area contributed by atoms with Crippen LogP contribution in [0, 0.1) is 0 Å². The lowest BCUT2D eigenvalue weighted by Crippen LogP contribution is -2.16. The molecule has 5 nitrogen and oxygen atoms in total. The zero-order chi connectivity index (χ0) is 14.3. The molecule has 0 bridgehead atoms. The fraction of sp³-hybridized carbons (Fsp3) is 0. The Hall–Kier alpha value is -2.60. The van der Waals surface area contributed by atoms with Crippen LogP contribution in [0.15, 0.2) is 47.3 Å². The van der Waals surface area contributed by atoms with E-state index in [4.69, 9.17) is 10.8 Å². The first-order valence-corrected chi connectivity index (χ1v) is 6.64. The van der Waals surface area contributed by atoms with E-state index in [1.54, 1.807) is 18.2 Å². The molecule has 0 saturated heterocycles. The van der Waals surface area contributed by atoms with Crippen LogP contribution < -0.4 is 11.3 Å². The highest BCUT2D eigenvalue weighted by Crippen LogP contribution is 2.33. The van der Waals surface area contributed by atoms with Crippen LogP contribution in [-0.4, -0.2) is 15.6 Å². The molecule has 6 heteroatoms. The fourth-order valence-corrected chi connectivity index (χ4v) is 3.16. The second kappa shape index (κ2) is 4.50. The highest BCUT2D eigenvalue weighted by molar-refractivity contribution is 7.21. The first-order chi connectivity index (χ1) is 9.59. The Morgan fingerprint density at radius 2 is 1.85 bits per heavy atom. The zero-order valence-corrected chi connectivity index (χ0v) is 11.1. The molecule has 0 spiro atoms. The number of hydrogen-bond donors (Lipinski definition) is 2. The predicted octanol–water partition coefficient (Wildman–Crippen LogP) is 2.33. The van der Waals surface area contributed by atoms with E-state index < -0.39 is 5.97 Å². The SMILES string of the molecule is Nc1c(C(=O)O)sc2c1ccc(=O)n2-c1ccccc1. The maximum Gasteiger partial charge on any atom is 0.348 e. The Balaban J connectivity index is 2.43. The van der Waals surface area contributed by atoms with Gasteiger partial charge in [0, 0.05) is 11.5 Å². The number of pyridine rings is 1. The van der Waals surface area contributed by atoms with Crippen LogP contribution in [0.3, 0.4) is 0 Å². The summed E-state index contributed by atoms with van der Waals surface area (Å²) in [4.78, 5) is 23.9. The van der Waals surface area contributed by atoms with Gasteiger partial charge in [-0.25, -0.2) is 4.79 Å². The number of anilines is 1. The molecule has 0 radical (unpaired) electrons. The Morgan fingerprint density at radius 1 is 1.15 bits per heavy atom. The average Bonchev–Trinajstić information content (AvgIpc) is 2.77. The number of aromatic carboxylic acids is 1. The van der Waals surface area contributed by atoms with E-state index in [0.29, 0.717) is 15.9 Å². The van der Waals surface area contributed by atoms with Crippen molar-refractivity contribution in [2.75, 3.05) is 5.73 Å². The molecular formula is C14H10N2O3S. The van der Waals surface area contributed by atoms with E-state index in [0.717, 1.165) is 11.3 Å². The Labute approximate surface area is 117 Å².